The molecule has 0 atom stereocenters. The van der Waals surface area contributed by atoms with E-state index in [-0.39, 0.29) is 13.2 Å². The van der Waals surface area contributed by atoms with Gasteiger partial charge in [-0.05, 0) is 13.3 Å². The van der Waals surface area contributed by atoms with E-state index in [0.29, 0.717) is 12.6 Å². The zero-order valence-electron chi connectivity index (χ0n) is 11.7. The number of hydrogen-bond acceptors (Lipinski definition) is 4. The van der Waals surface area contributed by atoms with Crippen LogP contribution in [0.2, 0.25) is 0 Å². The van der Waals surface area contributed by atoms with Crippen LogP contribution in [0.4, 0.5) is 19.1 Å². The first-order valence-electron chi connectivity index (χ1n) is 6.33. The second-order valence-electron chi connectivity index (χ2n) is 4.34. The molecule has 0 unspecified atom stereocenters. The molecule has 8 heteroatoms. The summed E-state index contributed by atoms with van der Waals surface area (Å²) in [6, 6.07) is 0. The minimum absolute atomic E-state index is 0.0243. The summed E-state index contributed by atoms with van der Waals surface area (Å²) in [6.45, 7) is 2.26. The van der Waals surface area contributed by atoms with Crippen molar-refractivity contribution in [2.24, 2.45) is 0 Å². The van der Waals surface area contributed by atoms with Crippen LogP contribution >= 0.6 is 0 Å². The van der Waals surface area contributed by atoms with Gasteiger partial charge in [0.25, 0.3) is 0 Å². The van der Waals surface area contributed by atoms with Crippen molar-refractivity contribution in [1.82, 2.24) is 9.55 Å². The minimum atomic E-state index is -4.28. The molecule has 0 amide bonds. The van der Waals surface area contributed by atoms with Gasteiger partial charge in [-0.15, -0.1) is 0 Å². The zero-order chi connectivity index (χ0) is 15.0. The van der Waals surface area contributed by atoms with Crippen molar-refractivity contribution in [3.05, 3.63) is 11.9 Å². The number of aryl methyl sites for hydroxylation is 2. The number of nitrogens with zero attached hydrogens (tertiary/aromatic N) is 2. The highest BCUT2D eigenvalue weighted by atomic mass is 19.4. The van der Waals surface area contributed by atoms with Crippen LogP contribution < -0.4 is 5.32 Å². The topological polar surface area (TPSA) is 48.3 Å². The second-order valence-corrected chi connectivity index (χ2v) is 4.34. The Labute approximate surface area is 116 Å². The summed E-state index contributed by atoms with van der Waals surface area (Å²) in [7, 11) is 1.64. The number of rotatable bonds is 9. The van der Waals surface area contributed by atoms with Crippen molar-refractivity contribution < 1.29 is 22.6 Å². The summed E-state index contributed by atoms with van der Waals surface area (Å²) < 4.78 is 47.0. The Morgan fingerprint density at radius 3 is 2.75 bits per heavy atom. The lowest BCUT2D eigenvalue weighted by molar-refractivity contribution is -0.172. The Bertz CT molecular complexity index is 394. The lowest BCUT2D eigenvalue weighted by Gasteiger charge is -2.10. The Morgan fingerprint density at radius 2 is 2.10 bits per heavy atom. The molecule has 0 radical (unpaired) electrons. The van der Waals surface area contributed by atoms with Gasteiger partial charge in [0.2, 0.25) is 5.95 Å². The molecule has 0 spiro atoms. The maximum atomic E-state index is 11.9. The van der Waals surface area contributed by atoms with Crippen LogP contribution in [0.3, 0.4) is 0 Å². The van der Waals surface area contributed by atoms with Crippen LogP contribution in [0.5, 0.6) is 0 Å². The molecule has 1 aromatic heterocycles. The van der Waals surface area contributed by atoms with Crippen LogP contribution in [-0.4, -0.2) is 49.2 Å². The van der Waals surface area contributed by atoms with Crippen molar-refractivity contribution in [2.45, 2.75) is 26.1 Å². The fourth-order valence-corrected chi connectivity index (χ4v) is 1.66. The SMILES string of the molecule is COCCCn1cc(C)nc1NCCOCC(F)(F)F. The van der Waals surface area contributed by atoms with E-state index in [1.54, 1.807) is 7.11 Å². The third-order valence-corrected chi connectivity index (χ3v) is 2.44. The van der Waals surface area contributed by atoms with Crippen LogP contribution in [0.25, 0.3) is 0 Å². The fourth-order valence-electron chi connectivity index (χ4n) is 1.66. The Hall–Kier alpha value is -1.28. The molecule has 1 heterocycles. The Balaban J connectivity index is 2.32. The van der Waals surface area contributed by atoms with Gasteiger partial charge >= 0.3 is 6.18 Å². The maximum absolute atomic E-state index is 11.9. The predicted molar refractivity (Wildman–Crippen MR) is 68.8 cm³/mol. The molecule has 1 rings (SSSR count). The molecule has 0 bridgehead atoms. The minimum Gasteiger partial charge on any atom is -0.385 e. The van der Waals surface area contributed by atoms with Gasteiger partial charge in [-0.1, -0.05) is 0 Å². The number of anilines is 1. The number of nitrogens with one attached hydrogen (secondary N) is 1. The molecule has 5 nitrogen and oxygen atoms in total. The van der Waals surface area contributed by atoms with Gasteiger partial charge in [0.1, 0.15) is 6.61 Å². The molecule has 0 saturated carbocycles. The summed E-state index contributed by atoms with van der Waals surface area (Å²) in [5.41, 5.74) is 0.848. The quantitative estimate of drug-likeness (QED) is 0.710. The molecule has 1 aromatic rings. The maximum Gasteiger partial charge on any atom is 0.411 e. The van der Waals surface area contributed by atoms with Gasteiger partial charge in [0.05, 0.1) is 12.3 Å². The van der Waals surface area contributed by atoms with Crippen LogP contribution in [0.15, 0.2) is 6.20 Å². The average molecular weight is 295 g/mol. The average Bonchev–Trinajstić information content (AvgIpc) is 2.68. The van der Waals surface area contributed by atoms with E-state index < -0.39 is 12.8 Å². The second kappa shape index (κ2) is 8.11. The molecular formula is C12H20F3N3O2. The molecular weight excluding hydrogens is 275 g/mol. The number of halogens is 3. The van der Waals surface area contributed by atoms with E-state index in [1.807, 2.05) is 17.7 Å². The number of imidazole rings is 1. The van der Waals surface area contributed by atoms with E-state index in [9.17, 15) is 13.2 Å². The van der Waals surface area contributed by atoms with Crippen molar-refractivity contribution >= 4 is 5.95 Å². The Morgan fingerprint density at radius 1 is 1.35 bits per heavy atom. The number of alkyl halides is 3. The molecule has 0 saturated heterocycles. The zero-order valence-corrected chi connectivity index (χ0v) is 11.7. The summed E-state index contributed by atoms with van der Waals surface area (Å²) in [6.07, 6.45) is -1.56. The molecule has 116 valence electrons. The lowest BCUT2D eigenvalue weighted by Crippen LogP contribution is -2.20. The van der Waals surface area contributed by atoms with E-state index in [0.717, 1.165) is 18.7 Å². The fraction of sp³-hybridized carbons (Fsp3) is 0.750. The monoisotopic (exact) mass is 295 g/mol. The van der Waals surface area contributed by atoms with Crippen molar-refractivity contribution in [1.29, 1.82) is 0 Å². The highest BCUT2D eigenvalue weighted by Crippen LogP contribution is 2.14. The summed E-state index contributed by atoms with van der Waals surface area (Å²) >= 11 is 0. The van der Waals surface area contributed by atoms with Crippen LogP contribution in [0, 0.1) is 6.92 Å². The lowest BCUT2D eigenvalue weighted by atomic mass is 10.4. The molecule has 0 fully saturated rings. The van der Waals surface area contributed by atoms with Crippen molar-refractivity contribution in [2.75, 3.05) is 38.8 Å². The third kappa shape index (κ3) is 6.76. The van der Waals surface area contributed by atoms with Crippen LogP contribution in [-0.2, 0) is 16.0 Å². The van der Waals surface area contributed by atoms with Crippen LogP contribution in [0.1, 0.15) is 12.1 Å². The van der Waals surface area contributed by atoms with Gasteiger partial charge in [0, 0.05) is 33.0 Å². The largest absolute Gasteiger partial charge is 0.411 e. The molecule has 1 N–H and O–H groups in total. The van der Waals surface area contributed by atoms with Gasteiger partial charge in [-0.3, -0.25) is 0 Å². The number of ether oxygens (including phenoxy) is 2. The van der Waals surface area contributed by atoms with E-state index in [1.165, 1.54) is 0 Å². The van der Waals surface area contributed by atoms with E-state index in [2.05, 4.69) is 15.0 Å². The highest BCUT2D eigenvalue weighted by molar-refractivity contribution is 5.28. The molecule has 0 aliphatic carbocycles. The molecule has 20 heavy (non-hydrogen) atoms. The van der Waals surface area contributed by atoms with E-state index >= 15 is 0 Å². The van der Waals surface area contributed by atoms with Gasteiger partial charge in [-0.2, -0.15) is 13.2 Å². The summed E-state index contributed by atoms with van der Waals surface area (Å²) in [4.78, 5) is 4.27. The molecule has 0 aromatic carbocycles. The number of aromatic nitrogens is 2. The standard InChI is InChI=1S/C12H20F3N3O2/c1-10-8-18(5-3-6-19-2)11(17-10)16-4-7-20-9-12(13,14)15/h8H,3-7,9H2,1-2H3,(H,16,17). The predicted octanol–water partition coefficient (Wildman–Crippen LogP) is 2.22. The first kappa shape index (κ1) is 16.8. The van der Waals surface area contributed by atoms with Gasteiger partial charge in [-0.25, -0.2) is 4.98 Å². The Kier molecular flexibility index (Phi) is 6.80. The smallest absolute Gasteiger partial charge is 0.385 e. The highest BCUT2D eigenvalue weighted by Gasteiger charge is 2.27. The van der Waals surface area contributed by atoms with E-state index in [4.69, 9.17) is 4.74 Å². The van der Waals surface area contributed by atoms with Crippen molar-refractivity contribution in [3.63, 3.8) is 0 Å². The van der Waals surface area contributed by atoms with Gasteiger partial charge < -0.3 is 19.4 Å². The van der Waals surface area contributed by atoms with Crippen molar-refractivity contribution in [3.8, 4) is 0 Å². The summed E-state index contributed by atoms with van der Waals surface area (Å²) in [5.74, 6) is 0.634. The third-order valence-electron chi connectivity index (χ3n) is 2.44. The molecule has 0 aliphatic heterocycles. The molecule has 0 aliphatic rings. The number of methoxy groups -OCH3 is 1. The first-order chi connectivity index (χ1) is 9.42. The normalized spacial score (nSPS) is 11.8. The van der Waals surface area contributed by atoms with Gasteiger partial charge in [0.15, 0.2) is 0 Å². The first-order valence-corrected chi connectivity index (χ1v) is 6.33. The number of hydrogen-bond donors (Lipinski definition) is 1. The summed E-state index contributed by atoms with van der Waals surface area (Å²) in [5, 5.41) is 2.97.